The van der Waals surface area contributed by atoms with Crippen LogP contribution in [0, 0.1) is 0 Å². The molecule has 0 fully saturated rings. The van der Waals surface area contributed by atoms with E-state index in [0.29, 0.717) is 5.56 Å². The fraction of sp³-hybridized carbons (Fsp3) is 0.222. The molecule has 4 heteroatoms. The summed E-state index contributed by atoms with van der Waals surface area (Å²) in [6, 6.07) is 6.70. The van der Waals surface area contributed by atoms with Gasteiger partial charge in [-0.15, -0.1) is 0 Å². The van der Waals surface area contributed by atoms with Crippen molar-refractivity contribution in [2.24, 2.45) is 0 Å². The summed E-state index contributed by atoms with van der Waals surface area (Å²) in [5, 5.41) is 0. The lowest BCUT2D eigenvalue weighted by molar-refractivity contribution is -0.0788. The number of carbonyl (C=O) groups is 1. The first-order valence-electron chi connectivity index (χ1n) is 3.72. The van der Waals surface area contributed by atoms with Crippen LogP contribution in [0.1, 0.15) is 27.7 Å². The summed E-state index contributed by atoms with van der Waals surface area (Å²) in [7, 11) is 0. The number of carbonyl (C=O) groups excluding carboxylic acids is 1. The van der Waals surface area contributed by atoms with Gasteiger partial charge in [0.25, 0.3) is 0 Å². The van der Waals surface area contributed by atoms with Crippen LogP contribution in [-0.2, 0) is 4.94 Å². The Labute approximate surface area is 83.7 Å². The van der Waals surface area contributed by atoms with Crippen molar-refractivity contribution in [3.8, 4) is 0 Å². The second-order valence-electron chi connectivity index (χ2n) is 2.57. The third-order valence-electron chi connectivity index (χ3n) is 1.68. The fourth-order valence-corrected chi connectivity index (χ4v) is 1.47. The summed E-state index contributed by atoms with van der Waals surface area (Å²) in [5.41, 5.74) is 0.958. The molecule has 0 aromatic heterocycles. The van der Waals surface area contributed by atoms with Gasteiger partial charge in [0, 0.05) is 9.35 Å². The second-order valence-corrected chi connectivity index (χ2v) is 3.94. The molecular formula is C9H8BrFO2. The largest absolute Gasteiger partial charge is 0.379 e. The molecule has 70 valence electrons. The van der Waals surface area contributed by atoms with Gasteiger partial charge in [-0.25, -0.2) is 9.74 Å². The Morgan fingerprint density at radius 1 is 1.54 bits per heavy atom. The van der Waals surface area contributed by atoms with Crippen molar-refractivity contribution in [3.05, 3.63) is 35.4 Å². The van der Waals surface area contributed by atoms with E-state index in [2.05, 4.69) is 20.9 Å². The van der Waals surface area contributed by atoms with E-state index >= 15 is 0 Å². The third-order valence-corrected chi connectivity index (χ3v) is 2.17. The fourth-order valence-electron chi connectivity index (χ4n) is 1.07. The van der Waals surface area contributed by atoms with Gasteiger partial charge in [0.15, 0.2) is 0 Å². The smallest absolute Gasteiger partial charge is 0.249 e. The Kier molecular flexibility index (Phi) is 3.42. The number of halogens is 2. The molecule has 0 heterocycles. The molecule has 0 aliphatic heterocycles. The van der Waals surface area contributed by atoms with Gasteiger partial charge in [0.05, 0.1) is 5.56 Å². The maximum absolute atomic E-state index is 11.7. The zero-order valence-corrected chi connectivity index (χ0v) is 8.55. The molecule has 0 spiro atoms. The van der Waals surface area contributed by atoms with Crippen LogP contribution in [0.2, 0.25) is 0 Å². The van der Waals surface area contributed by atoms with Crippen molar-refractivity contribution < 1.29 is 14.3 Å². The Morgan fingerprint density at radius 2 is 2.15 bits per heavy atom. The summed E-state index contributed by atoms with van der Waals surface area (Å²) in [6.07, 6.45) is 0. The quantitative estimate of drug-likeness (QED) is 0.750. The summed E-state index contributed by atoms with van der Waals surface area (Å²) in [6.45, 7) is 1.85. The standard InChI is InChI=1S/C9H8BrFO2/c1-6(10)7-4-2-3-5-8(7)9(12)13-11/h2-6H,1H3. The average Bonchev–Trinajstić information content (AvgIpc) is 2.16. The number of alkyl halides is 1. The van der Waals surface area contributed by atoms with Crippen molar-refractivity contribution >= 4 is 21.9 Å². The molecule has 1 atom stereocenters. The van der Waals surface area contributed by atoms with Gasteiger partial charge in [-0.2, -0.15) is 0 Å². The molecule has 0 N–H and O–H groups in total. The van der Waals surface area contributed by atoms with Gasteiger partial charge >= 0.3 is 5.97 Å². The molecular weight excluding hydrogens is 239 g/mol. The lowest BCUT2D eigenvalue weighted by Crippen LogP contribution is -2.03. The third kappa shape index (κ3) is 2.28. The Hall–Kier alpha value is -0.900. The maximum atomic E-state index is 11.7. The Bertz CT molecular complexity index is 312. The van der Waals surface area contributed by atoms with Gasteiger partial charge in [0.2, 0.25) is 0 Å². The predicted molar refractivity (Wildman–Crippen MR) is 50.3 cm³/mol. The van der Waals surface area contributed by atoms with E-state index in [0.717, 1.165) is 0 Å². The van der Waals surface area contributed by atoms with Crippen LogP contribution < -0.4 is 0 Å². The van der Waals surface area contributed by atoms with Gasteiger partial charge < -0.3 is 0 Å². The number of hydrogen-bond acceptors (Lipinski definition) is 2. The van der Waals surface area contributed by atoms with E-state index in [1.54, 1.807) is 18.2 Å². The minimum Gasteiger partial charge on any atom is -0.249 e. The van der Waals surface area contributed by atoms with E-state index in [1.165, 1.54) is 6.07 Å². The molecule has 0 aliphatic rings. The highest BCUT2D eigenvalue weighted by Crippen LogP contribution is 2.25. The highest BCUT2D eigenvalue weighted by atomic mass is 79.9. The maximum Gasteiger partial charge on any atom is 0.379 e. The van der Waals surface area contributed by atoms with E-state index < -0.39 is 5.97 Å². The van der Waals surface area contributed by atoms with Crippen molar-refractivity contribution in [3.63, 3.8) is 0 Å². The van der Waals surface area contributed by atoms with Gasteiger partial charge in [-0.05, 0) is 18.6 Å². The monoisotopic (exact) mass is 246 g/mol. The van der Waals surface area contributed by atoms with Crippen LogP contribution in [0.5, 0.6) is 0 Å². The molecule has 1 aromatic carbocycles. The minimum absolute atomic E-state index is 0.0113. The summed E-state index contributed by atoms with van der Waals surface area (Å²) in [4.78, 5) is 14.1. The zero-order chi connectivity index (χ0) is 9.84. The van der Waals surface area contributed by atoms with Crippen LogP contribution in [0.3, 0.4) is 0 Å². The minimum atomic E-state index is -0.957. The predicted octanol–water partition coefficient (Wildman–Crippen LogP) is 3.18. The van der Waals surface area contributed by atoms with Crippen LogP contribution in [0.15, 0.2) is 24.3 Å². The first-order valence-corrected chi connectivity index (χ1v) is 4.64. The molecule has 0 radical (unpaired) electrons. The molecule has 1 unspecified atom stereocenters. The average molecular weight is 247 g/mol. The van der Waals surface area contributed by atoms with Gasteiger partial charge in [0.1, 0.15) is 0 Å². The first-order chi connectivity index (χ1) is 6.16. The van der Waals surface area contributed by atoms with E-state index in [9.17, 15) is 9.32 Å². The molecule has 2 nitrogen and oxygen atoms in total. The van der Waals surface area contributed by atoms with Crippen molar-refractivity contribution in [1.82, 2.24) is 0 Å². The van der Waals surface area contributed by atoms with Crippen molar-refractivity contribution in [2.45, 2.75) is 11.8 Å². The van der Waals surface area contributed by atoms with Gasteiger partial charge in [-0.3, -0.25) is 0 Å². The number of hydrogen-bond donors (Lipinski definition) is 0. The molecule has 0 saturated carbocycles. The normalized spacial score (nSPS) is 12.2. The molecule has 0 bridgehead atoms. The molecule has 1 rings (SSSR count). The molecule has 13 heavy (non-hydrogen) atoms. The first kappa shape index (κ1) is 10.2. The second kappa shape index (κ2) is 4.37. The molecule has 0 aliphatic carbocycles. The van der Waals surface area contributed by atoms with Crippen LogP contribution in [-0.4, -0.2) is 5.97 Å². The summed E-state index contributed by atoms with van der Waals surface area (Å²) >= 11 is 3.30. The lowest BCUT2D eigenvalue weighted by Gasteiger charge is -2.07. The summed E-state index contributed by atoms with van der Waals surface area (Å²) in [5.74, 6) is -0.957. The van der Waals surface area contributed by atoms with E-state index in [1.807, 2.05) is 6.92 Å². The Balaban J connectivity index is 3.12. The molecule has 0 amide bonds. The zero-order valence-electron chi connectivity index (χ0n) is 6.96. The van der Waals surface area contributed by atoms with Crippen molar-refractivity contribution in [1.29, 1.82) is 0 Å². The highest BCUT2D eigenvalue weighted by Gasteiger charge is 2.15. The number of benzene rings is 1. The Morgan fingerprint density at radius 3 is 2.69 bits per heavy atom. The highest BCUT2D eigenvalue weighted by molar-refractivity contribution is 9.09. The van der Waals surface area contributed by atoms with Crippen molar-refractivity contribution in [2.75, 3.05) is 0 Å². The van der Waals surface area contributed by atoms with Crippen LogP contribution in [0.25, 0.3) is 0 Å². The topological polar surface area (TPSA) is 26.3 Å². The van der Waals surface area contributed by atoms with E-state index in [-0.39, 0.29) is 10.4 Å². The SMILES string of the molecule is CC(Br)c1ccccc1C(=O)OF. The van der Waals surface area contributed by atoms with Crippen LogP contribution >= 0.6 is 15.9 Å². The van der Waals surface area contributed by atoms with E-state index in [4.69, 9.17) is 0 Å². The lowest BCUT2D eigenvalue weighted by atomic mass is 10.1. The number of rotatable bonds is 2. The van der Waals surface area contributed by atoms with Gasteiger partial charge in [-0.1, -0.05) is 34.1 Å². The van der Waals surface area contributed by atoms with Crippen LogP contribution in [0.4, 0.5) is 4.53 Å². The molecule has 0 saturated heterocycles. The summed E-state index contributed by atoms with van der Waals surface area (Å²) < 4.78 is 11.7. The molecule has 1 aromatic rings.